The number of hydrogen-bond acceptors (Lipinski definition) is 5. The average Bonchev–Trinajstić information content (AvgIpc) is 3.44. The second kappa shape index (κ2) is 7.99. The van der Waals surface area contributed by atoms with Crippen LogP contribution in [0.5, 0.6) is 5.75 Å². The van der Waals surface area contributed by atoms with Gasteiger partial charge in [-0.2, -0.15) is 0 Å². The second-order valence-corrected chi connectivity index (χ2v) is 9.81. The number of anilines is 1. The topological polar surface area (TPSA) is 79.0 Å². The molecule has 0 unspecified atom stereocenters. The minimum Gasteiger partial charge on any atom is -0.489 e. The van der Waals surface area contributed by atoms with Crippen molar-refractivity contribution in [3.05, 3.63) is 82.0 Å². The Labute approximate surface area is 200 Å². The van der Waals surface area contributed by atoms with Gasteiger partial charge in [0.15, 0.2) is 0 Å². The Morgan fingerprint density at radius 2 is 1.88 bits per heavy atom. The molecule has 1 aliphatic carbocycles. The second-order valence-electron chi connectivity index (χ2n) is 8.81. The van der Waals surface area contributed by atoms with Gasteiger partial charge in [0, 0.05) is 10.4 Å². The average molecular weight is 474 g/mol. The number of ether oxygens (including phenoxy) is 1. The molecule has 1 spiro atoms. The van der Waals surface area contributed by atoms with E-state index in [-0.39, 0.29) is 31.0 Å². The predicted molar refractivity (Wildman–Crippen MR) is 128 cm³/mol. The highest BCUT2D eigenvalue weighted by Gasteiger charge is 2.55. The van der Waals surface area contributed by atoms with E-state index in [0.29, 0.717) is 17.9 Å². The summed E-state index contributed by atoms with van der Waals surface area (Å²) in [5.41, 5.74) is 1.37. The number of fused-ring (bicyclic) bond motifs is 3. The lowest BCUT2D eigenvalue weighted by Gasteiger charge is -2.38. The first-order valence-electron chi connectivity index (χ1n) is 11.4. The molecule has 1 saturated heterocycles. The van der Waals surface area contributed by atoms with Gasteiger partial charge >= 0.3 is 6.03 Å². The molecule has 7 nitrogen and oxygen atoms in total. The minimum atomic E-state index is -1.06. The van der Waals surface area contributed by atoms with Gasteiger partial charge < -0.3 is 10.1 Å². The zero-order valence-electron chi connectivity index (χ0n) is 18.4. The van der Waals surface area contributed by atoms with Crippen LogP contribution in [0.4, 0.5) is 10.5 Å². The summed E-state index contributed by atoms with van der Waals surface area (Å²) in [6.07, 6.45) is 2.26. The summed E-state index contributed by atoms with van der Waals surface area (Å²) in [7, 11) is 0. The molecule has 3 heterocycles. The van der Waals surface area contributed by atoms with Crippen molar-refractivity contribution in [2.75, 3.05) is 18.1 Å². The molecule has 1 aromatic heterocycles. The molecule has 1 N–H and O–H groups in total. The molecule has 8 heteroatoms. The zero-order chi connectivity index (χ0) is 23.3. The Morgan fingerprint density at radius 1 is 1.09 bits per heavy atom. The molecule has 4 amide bonds. The van der Waals surface area contributed by atoms with Crippen molar-refractivity contribution in [1.29, 1.82) is 0 Å². The van der Waals surface area contributed by atoms with E-state index < -0.39 is 11.6 Å². The van der Waals surface area contributed by atoms with Crippen LogP contribution in [0.3, 0.4) is 0 Å². The Hall–Kier alpha value is -3.65. The maximum Gasteiger partial charge on any atom is 0.325 e. The van der Waals surface area contributed by atoms with Gasteiger partial charge in [-0.05, 0) is 48.4 Å². The fourth-order valence-electron chi connectivity index (χ4n) is 5.31. The van der Waals surface area contributed by atoms with Crippen molar-refractivity contribution in [2.24, 2.45) is 0 Å². The predicted octanol–water partition coefficient (Wildman–Crippen LogP) is 4.00. The quantitative estimate of drug-likeness (QED) is 0.584. The van der Waals surface area contributed by atoms with Crippen LogP contribution in [0, 0.1) is 0 Å². The van der Waals surface area contributed by atoms with Crippen molar-refractivity contribution in [3.8, 4) is 5.75 Å². The van der Waals surface area contributed by atoms with E-state index in [9.17, 15) is 14.4 Å². The molecule has 3 aromatic rings. The number of aryl methyl sites for hydroxylation is 1. The van der Waals surface area contributed by atoms with Crippen molar-refractivity contribution in [1.82, 2.24) is 10.2 Å². The monoisotopic (exact) mass is 473 g/mol. The van der Waals surface area contributed by atoms with Crippen molar-refractivity contribution < 1.29 is 19.1 Å². The zero-order valence-corrected chi connectivity index (χ0v) is 19.2. The SMILES string of the molecule is O=C1N[C@@]2(CCCc3sccc32)C(=O)N1CC(=O)N1c2ccccc2OC[C@H]1c1ccccc1. The van der Waals surface area contributed by atoms with Gasteiger partial charge in [0.25, 0.3) is 5.91 Å². The van der Waals surface area contributed by atoms with Gasteiger partial charge in [-0.25, -0.2) is 4.79 Å². The Balaban J connectivity index is 1.33. The molecule has 3 aliphatic rings. The lowest BCUT2D eigenvalue weighted by atomic mass is 9.80. The van der Waals surface area contributed by atoms with E-state index >= 15 is 0 Å². The highest BCUT2D eigenvalue weighted by molar-refractivity contribution is 7.10. The maximum absolute atomic E-state index is 13.8. The number of carbonyl (C=O) groups excluding carboxylic acids is 3. The van der Waals surface area contributed by atoms with Gasteiger partial charge in [0.05, 0.1) is 11.7 Å². The molecule has 0 saturated carbocycles. The van der Waals surface area contributed by atoms with Crippen LogP contribution in [0.1, 0.15) is 34.9 Å². The van der Waals surface area contributed by atoms with Crippen LogP contribution in [0.2, 0.25) is 0 Å². The largest absolute Gasteiger partial charge is 0.489 e. The summed E-state index contributed by atoms with van der Waals surface area (Å²) in [6.45, 7) is -0.0430. The van der Waals surface area contributed by atoms with Crippen molar-refractivity contribution in [3.63, 3.8) is 0 Å². The summed E-state index contributed by atoms with van der Waals surface area (Å²) in [6, 6.07) is 18.0. The highest BCUT2D eigenvalue weighted by Crippen LogP contribution is 2.43. The number of para-hydroxylation sites is 2. The minimum absolute atomic E-state index is 0.287. The molecule has 6 rings (SSSR count). The van der Waals surface area contributed by atoms with Crippen molar-refractivity contribution in [2.45, 2.75) is 30.8 Å². The number of urea groups is 1. The number of amides is 4. The fraction of sp³-hybridized carbons (Fsp3) is 0.269. The number of nitrogens with zero attached hydrogens (tertiary/aromatic N) is 2. The third-order valence-corrected chi connectivity index (χ3v) is 7.90. The molecular weight excluding hydrogens is 450 g/mol. The number of benzene rings is 2. The molecule has 0 radical (unpaired) electrons. The van der Waals surface area contributed by atoms with Gasteiger partial charge in [0.1, 0.15) is 24.4 Å². The summed E-state index contributed by atoms with van der Waals surface area (Å²) in [5, 5.41) is 4.89. The first-order chi connectivity index (χ1) is 16.6. The van der Waals surface area contributed by atoms with E-state index in [1.165, 1.54) is 0 Å². The van der Waals surface area contributed by atoms with E-state index in [1.54, 1.807) is 16.2 Å². The molecule has 2 atom stereocenters. The fourth-order valence-corrected chi connectivity index (χ4v) is 6.31. The number of nitrogens with one attached hydrogen (secondary N) is 1. The summed E-state index contributed by atoms with van der Waals surface area (Å²) in [5.74, 6) is -0.0681. The smallest absolute Gasteiger partial charge is 0.325 e. The highest BCUT2D eigenvalue weighted by atomic mass is 32.1. The Morgan fingerprint density at radius 3 is 2.74 bits per heavy atom. The standard InChI is InChI=1S/C26H23N3O4S/c30-23(15-28-24(31)26(27-25(28)32)13-6-11-22-18(26)12-14-34-22)29-19-9-4-5-10-21(19)33-16-20(29)17-7-2-1-3-8-17/h1-5,7-10,12,14,20H,6,11,13,15-16H2,(H,27,32)/t20-,26+/m0/s1. The summed E-state index contributed by atoms with van der Waals surface area (Å²) >= 11 is 1.61. The first kappa shape index (κ1) is 20.9. The first-order valence-corrected chi connectivity index (χ1v) is 12.3. The van der Waals surface area contributed by atoms with Gasteiger partial charge in [-0.1, -0.05) is 42.5 Å². The van der Waals surface area contributed by atoms with E-state index in [4.69, 9.17) is 4.74 Å². The number of rotatable bonds is 3. The van der Waals surface area contributed by atoms with Crippen molar-refractivity contribution >= 4 is 34.9 Å². The van der Waals surface area contributed by atoms with Gasteiger partial charge in [0.2, 0.25) is 5.91 Å². The molecule has 2 aliphatic heterocycles. The number of hydrogen-bond donors (Lipinski definition) is 1. The summed E-state index contributed by atoms with van der Waals surface area (Å²) in [4.78, 5) is 44.3. The van der Waals surface area contributed by atoms with Crippen LogP contribution in [0.15, 0.2) is 66.0 Å². The molecule has 172 valence electrons. The van der Waals surface area contributed by atoms with Crippen LogP contribution < -0.4 is 15.0 Å². The molecule has 34 heavy (non-hydrogen) atoms. The number of thiophene rings is 1. The van der Waals surface area contributed by atoms with Gasteiger partial charge in [-0.15, -0.1) is 11.3 Å². The Bertz CT molecular complexity index is 1290. The lowest BCUT2D eigenvalue weighted by molar-refractivity contribution is -0.135. The molecule has 0 bridgehead atoms. The third-order valence-electron chi connectivity index (χ3n) is 6.92. The molecule has 2 aromatic carbocycles. The number of imide groups is 1. The summed E-state index contributed by atoms with van der Waals surface area (Å²) < 4.78 is 5.95. The van der Waals surface area contributed by atoms with Crippen LogP contribution in [-0.2, 0) is 21.5 Å². The normalized spacial score (nSPS) is 23.4. The van der Waals surface area contributed by atoms with E-state index in [2.05, 4.69) is 5.32 Å². The molecular formula is C26H23N3O4S. The Kier molecular flexibility index (Phi) is 4.91. The van der Waals surface area contributed by atoms with Crippen LogP contribution in [-0.4, -0.2) is 35.9 Å². The maximum atomic E-state index is 13.8. The number of carbonyl (C=O) groups is 3. The van der Waals surface area contributed by atoms with Crippen LogP contribution >= 0.6 is 11.3 Å². The van der Waals surface area contributed by atoms with Crippen LogP contribution in [0.25, 0.3) is 0 Å². The van der Waals surface area contributed by atoms with E-state index in [1.807, 2.05) is 66.0 Å². The van der Waals surface area contributed by atoms with E-state index in [0.717, 1.165) is 33.7 Å². The van der Waals surface area contributed by atoms with Gasteiger partial charge in [-0.3, -0.25) is 19.4 Å². The molecule has 1 fully saturated rings. The third kappa shape index (κ3) is 3.13. The lowest BCUT2D eigenvalue weighted by Crippen LogP contribution is -2.49.